The first kappa shape index (κ1) is 12.8. The van der Waals surface area contributed by atoms with E-state index in [1.54, 1.807) is 11.3 Å². The molecule has 0 N–H and O–H groups in total. The molecule has 17 heavy (non-hydrogen) atoms. The number of rotatable bonds is 3. The monoisotopic (exact) mass is 251 g/mol. The predicted molar refractivity (Wildman–Crippen MR) is 73.0 cm³/mol. The number of carbonyl (C=O) groups excluding carboxylic acids is 1. The summed E-state index contributed by atoms with van der Waals surface area (Å²) in [6.07, 6.45) is 1.20. The second kappa shape index (κ2) is 4.54. The lowest BCUT2D eigenvalue weighted by atomic mass is 9.93. The molecule has 3 heteroatoms. The molecule has 1 saturated heterocycles. The third kappa shape index (κ3) is 2.96. The molecule has 1 aliphatic heterocycles. The molecule has 1 aromatic rings. The lowest BCUT2D eigenvalue weighted by Gasteiger charge is -2.18. The van der Waals surface area contributed by atoms with Crippen molar-refractivity contribution in [2.75, 3.05) is 19.6 Å². The Labute approximate surface area is 108 Å². The van der Waals surface area contributed by atoms with Crippen molar-refractivity contribution >= 4 is 17.1 Å². The number of aryl methyl sites for hydroxylation is 2. The minimum atomic E-state index is 0.282. The summed E-state index contributed by atoms with van der Waals surface area (Å²) >= 11 is 1.72. The van der Waals surface area contributed by atoms with Crippen molar-refractivity contribution in [3.8, 4) is 0 Å². The molecular formula is C14H21NOS. The van der Waals surface area contributed by atoms with Crippen LogP contribution >= 0.6 is 11.3 Å². The van der Waals surface area contributed by atoms with Gasteiger partial charge in [-0.2, -0.15) is 0 Å². The molecule has 94 valence electrons. The van der Waals surface area contributed by atoms with E-state index in [1.165, 1.54) is 11.3 Å². The predicted octanol–water partition coefficient (Wildman–Crippen LogP) is 3.28. The second-order valence-corrected chi connectivity index (χ2v) is 7.34. The van der Waals surface area contributed by atoms with Gasteiger partial charge in [-0.3, -0.25) is 9.69 Å². The zero-order valence-corrected chi connectivity index (χ0v) is 12.0. The molecule has 1 aromatic heterocycles. The number of Topliss-reactive ketones (excluding diaryl/α,β-unsaturated/α-hetero) is 1. The molecule has 0 spiro atoms. The maximum absolute atomic E-state index is 12.2. The van der Waals surface area contributed by atoms with E-state index in [-0.39, 0.29) is 5.78 Å². The standard InChI is InChI=1S/C14H21NOS/c1-10-7-12(11(2)17-10)13(16)8-15-6-5-14(3,4)9-15/h7H,5-6,8-9H2,1-4H3. The fourth-order valence-electron chi connectivity index (χ4n) is 2.56. The van der Waals surface area contributed by atoms with Gasteiger partial charge in [0.25, 0.3) is 0 Å². The minimum absolute atomic E-state index is 0.282. The van der Waals surface area contributed by atoms with Crippen LogP contribution in [0.3, 0.4) is 0 Å². The molecule has 1 fully saturated rings. The molecule has 2 rings (SSSR count). The van der Waals surface area contributed by atoms with Gasteiger partial charge in [-0.25, -0.2) is 0 Å². The van der Waals surface area contributed by atoms with Crippen molar-refractivity contribution in [2.24, 2.45) is 5.41 Å². The van der Waals surface area contributed by atoms with Crippen molar-refractivity contribution in [1.29, 1.82) is 0 Å². The first-order valence-electron chi connectivity index (χ1n) is 6.20. The van der Waals surface area contributed by atoms with E-state index in [0.717, 1.165) is 23.5 Å². The third-order valence-corrected chi connectivity index (χ3v) is 4.43. The van der Waals surface area contributed by atoms with Gasteiger partial charge in [-0.15, -0.1) is 11.3 Å². The van der Waals surface area contributed by atoms with E-state index in [2.05, 4.69) is 25.7 Å². The number of likely N-dealkylation sites (tertiary alicyclic amines) is 1. The average molecular weight is 251 g/mol. The molecule has 0 aromatic carbocycles. The molecule has 0 bridgehead atoms. The Bertz CT molecular complexity index is 433. The van der Waals surface area contributed by atoms with Crippen LogP contribution in [0.4, 0.5) is 0 Å². The number of carbonyl (C=O) groups is 1. The van der Waals surface area contributed by atoms with E-state index >= 15 is 0 Å². The van der Waals surface area contributed by atoms with E-state index in [4.69, 9.17) is 0 Å². The molecule has 0 radical (unpaired) electrons. The van der Waals surface area contributed by atoms with Gasteiger partial charge in [0, 0.05) is 21.9 Å². The molecule has 0 amide bonds. The Hall–Kier alpha value is -0.670. The highest BCUT2D eigenvalue weighted by atomic mass is 32.1. The number of nitrogens with zero attached hydrogens (tertiary/aromatic N) is 1. The van der Waals surface area contributed by atoms with Crippen molar-refractivity contribution in [1.82, 2.24) is 4.90 Å². The van der Waals surface area contributed by atoms with Gasteiger partial charge in [0.15, 0.2) is 5.78 Å². The molecular weight excluding hydrogens is 230 g/mol. The Morgan fingerprint density at radius 1 is 1.47 bits per heavy atom. The highest BCUT2D eigenvalue weighted by molar-refractivity contribution is 7.12. The molecule has 0 unspecified atom stereocenters. The van der Waals surface area contributed by atoms with Crippen LogP contribution < -0.4 is 0 Å². The third-order valence-electron chi connectivity index (χ3n) is 3.47. The van der Waals surface area contributed by atoms with Crippen molar-refractivity contribution in [3.63, 3.8) is 0 Å². The van der Waals surface area contributed by atoms with Gasteiger partial charge >= 0.3 is 0 Å². The van der Waals surface area contributed by atoms with Crippen LogP contribution in [0.5, 0.6) is 0 Å². The normalized spacial score (nSPS) is 19.8. The molecule has 1 aliphatic rings. The first-order valence-corrected chi connectivity index (χ1v) is 7.02. The van der Waals surface area contributed by atoms with Crippen LogP contribution in [0.1, 0.15) is 40.4 Å². The average Bonchev–Trinajstić information content (AvgIpc) is 2.69. The number of ketones is 1. The highest BCUT2D eigenvalue weighted by Crippen LogP contribution is 2.29. The van der Waals surface area contributed by atoms with Crippen molar-refractivity contribution in [3.05, 3.63) is 21.4 Å². The largest absolute Gasteiger partial charge is 0.295 e. The van der Waals surface area contributed by atoms with Crippen LogP contribution in [-0.2, 0) is 0 Å². The number of hydrogen-bond acceptors (Lipinski definition) is 3. The zero-order chi connectivity index (χ0) is 12.6. The van der Waals surface area contributed by atoms with Gasteiger partial charge in [0.2, 0.25) is 0 Å². The summed E-state index contributed by atoms with van der Waals surface area (Å²) in [5.74, 6) is 0.282. The van der Waals surface area contributed by atoms with Crippen LogP contribution in [0.15, 0.2) is 6.07 Å². The topological polar surface area (TPSA) is 20.3 Å². The summed E-state index contributed by atoms with van der Waals surface area (Å²) in [6, 6.07) is 2.03. The quantitative estimate of drug-likeness (QED) is 0.768. The first-order chi connectivity index (χ1) is 7.87. The van der Waals surface area contributed by atoms with Crippen LogP contribution in [0.25, 0.3) is 0 Å². The Balaban J connectivity index is 2.01. The Kier molecular flexibility index (Phi) is 3.41. The van der Waals surface area contributed by atoms with Gasteiger partial charge in [-0.1, -0.05) is 13.8 Å². The highest BCUT2D eigenvalue weighted by Gasteiger charge is 2.30. The van der Waals surface area contributed by atoms with E-state index in [1.807, 2.05) is 13.0 Å². The van der Waals surface area contributed by atoms with E-state index in [9.17, 15) is 4.79 Å². The zero-order valence-electron chi connectivity index (χ0n) is 11.2. The molecule has 2 nitrogen and oxygen atoms in total. The van der Waals surface area contributed by atoms with Gasteiger partial charge in [-0.05, 0) is 38.3 Å². The molecule has 2 heterocycles. The van der Waals surface area contributed by atoms with Gasteiger partial charge in [0.05, 0.1) is 6.54 Å². The van der Waals surface area contributed by atoms with Crippen LogP contribution in [-0.4, -0.2) is 30.3 Å². The lowest BCUT2D eigenvalue weighted by molar-refractivity contribution is 0.0940. The SMILES string of the molecule is Cc1cc(C(=O)CN2CCC(C)(C)C2)c(C)s1. The summed E-state index contributed by atoms with van der Waals surface area (Å²) in [6.45, 7) is 11.3. The Morgan fingerprint density at radius 2 is 2.18 bits per heavy atom. The Morgan fingerprint density at radius 3 is 2.65 bits per heavy atom. The van der Waals surface area contributed by atoms with Crippen molar-refractivity contribution in [2.45, 2.75) is 34.1 Å². The van der Waals surface area contributed by atoms with Crippen LogP contribution in [0, 0.1) is 19.3 Å². The smallest absolute Gasteiger partial charge is 0.177 e. The molecule has 0 atom stereocenters. The summed E-state index contributed by atoms with van der Waals surface area (Å²) in [7, 11) is 0. The maximum Gasteiger partial charge on any atom is 0.177 e. The van der Waals surface area contributed by atoms with E-state index in [0.29, 0.717) is 12.0 Å². The number of thiophene rings is 1. The van der Waals surface area contributed by atoms with Crippen molar-refractivity contribution < 1.29 is 4.79 Å². The lowest BCUT2D eigenvalue weighted by Crippen LogP contribution is -2.29. The fourth-order valence-corrected chi connectivity index (χ4v) is 3.50. The summed E-state index contributed by atoms with van der Waals surface area (Å²) in [5, 5.41) is 0. The number of hydrogen-bond donors (Lipinski definition) is 0. The van der Waals surface area contributed by atoms with Crippen LogP contribution in [0.2, 0.25) is 0 Å². The van der Waals surface area contributed by atoms with Gasteiger partial charge in [0.1, 0.15) is 0 Å². The minimum Gasteiger partial charge on any atom is -0.295 e. The summed E-state index contributed by atoms with van der Waals surface area (Å²) in [5.41, 5.74) is 1.30. The van der Waals surface area contributed by atoms with E-state index < -0.39 is 0 Å². The fraction of sp³-hybridized carbons (Fsp3) is 0.643. The maximum atomic E-state index is 12.2. The summed E-state index contributed by atoms with van der Waals surface area (Å²) < 4.78 is 0. The van der Waals surface area contributed by atoms with Gasteiger partial charge < -0.3 is 0 Å². The summed E-state index contributed by atoms with van der Waals surface area (Å²) in [4.78, 5) is 16.9. The molecule has 0 aliphatic carbocycles. The second-order valence-electron chi connectivity index (χ2n) is 5.87. The molecule has 0 saturated carbocycles.